The van der Waals surface area contributed by atoms with Crippen molar-refractivity contribution in [2.75, 3.05) is 13.1 Å². The number of ether oxygens (including phenoxy) is 1. The molecule has 0 bridgehead atoms. The van der Waals surface area contributed by atoms with Gasteiger partial charge in [0, 0.05) is 38.8 Å². The van der Waals surface area contributed by atoms with Crippen LogP contribution in [-0.4, -0.2) is 39.0 Å². The lowest BCUT2D eigenvalue weighted by molar-refractivity contribution is -0.151. The van der Waals surface area contributed by atoms with Gasteiger partial charge in [0.25, 0.3) is 11.5 Å². The molecule has 0 N–H and O–H groups in total. The molecule has 3 rings (SSSR count). The number of benzene rings is 1. The van der Waals surface area contributed by atoms with E-state index in [4.69, 9.17) is 4.74 Å². The van der Waals surface area contributed by atoms with Crippen molar-refractivity contribution < 1.29 is 18.7 Å². The van der Waals surface area contributed by atoms with Gasteiger partial charge < -0.3 is 9.64 Å². The molecule has 1 saturated heterocycles. The molecule has 1 aliphatic heterocycles. The molecule has 1 aliphatic rings. The quantitative estimate of drug-likeness (QED) is 0.705. The minimum atomic E-state index is -0.503. The number of nitrogens with zero attached hydrogens (tertiary/aromatic N) is 3. The Labute approximate surface area is 166 Å². The number of likely N-dealkylation sites (tertiary alicyclic amines) is 1. The van der Waals surface area contributed by atoms with Gasteiger partial charge in [0.2, 0.25) is 0 Å². The molecule has 1 aromatic heterocycles. The molecule has 154 valence electrons. The van der Waals surface area contributed by atoms with Crippen LogP contribution in [0.15, 0.2) is 39.9 Å². The fraction of sp³-hybridized carbons (Fsp3) is 0.400. The highest BCUT2D eigenvalue weighted by Gasteiger charge is 2.30. The highest BCUT2D eigenvalue weighted by molar-refractivity contribution is 5.94. The molecule has 1 fully saturated rings. The van der Waals surface area contributed by atoms with Gasteiger partial charge in [0.05, 0.1) is 11.6 Å². The van der Waals surface area contributed by atoms with Crippen LogP contribution in [0.1, 0.15) is 28.9 Å². The largest absolute Gasteiger partial charge is 0.459 e. The number of amides is 1. The van der Waals surface area contributed by atoms with Gasteiger partial charge in [-0.15, -0.1) is 0 Å². The first-order chi connectivity index (χ1) is 13.8. The topological polar surface area (TPSA) is 90.6 Å². The number of halogens is 1. The monoisotopic (exact) mass is 403 g/mol. The van der Waals surface area contributed by atoms with Crippen LogP contribution < -0.4 is 11.2 Å². The second-order valence-corrected chi connectivity index (χ2v) is 7.08. The predicted octanol–water partition coefficient (Wildman–Crippen LogP) is 0.819. The van der Waals surface area contributed by atoms with E-state index in [0.717, 1.165) is 4.57 Å². The van der Waals surface area contributed by atoms with Gasteiger partial charge in [0.15, 0.2) is 0 Å². The molecule has 8 nitrogen and oxygen atoms in total. The standard InChI is InChI=1S/C20H22FN3O5/c1-22-16(10-17(25)23(2)20(22)28)12-29-19(27)14-4-3-9-24(11-14)18(26)13-5-7-15(21)8-6-13/h5-8,10,14H,3-4,9,11-12H2,1-2H3/t14-/m0/s1. The van der Waals surface area contributed by atoms with Crippen LogP contribution in [0.4, 0.5) is 4.39 Å². The Morgan fingerprint density at radius 1 is 1.14 bits per heavy atom. The molecule has 1 atom stereocenters. The van der Waals surface area contributed by atoms with E-state index in [9.17, 15) is 23.6 Å². The lowest BCUT2D eigenvalue weighted by atomic mass is 9.97. The summed E-state index contributed by atoms with van der Waals surface area (Å²) in [4.78, 5) is 50.3. The van der Waals surface area contributed by atoms with Crippen molar-refractivity contribution in [3.63, 3.8) is 0 Å². The van der Waals surface area contributed by atoms with Crippen LogP contribution in [0, 0.1) is 11.7 Å². The van der Waals surface area contributed by atoms with Gasteiger partial charge in [-0.2, -0.15) is 0 Å². The number of carbonyl (C=O) groups is 2. The Bertz CT molecular complexity index is 1040. The van der Waals surface area contributed by atoms with Crippen molar-refractivity contribution in [3.05, 3.63) is 68.2 Å². The maximum absolute atomic E-state index is 13.1. The summed E-state index contributed by atoms with van der Waals surface area (Å²) in [6.07, 6.45) is 1.21. The van der Waals surface area contributed by atoms with Crippen LogP contribution in [0.3, 0.4) is 0 Å². The molecule has 29 heavy (non-hydrogen) atoms. The van der Waals surface area contributed by atoms with Gasteiger partial charge >= 0.3 is 11.7 Å². The van der Waals surface area contributed by atoms with Crippen molar-refractivity contribution in [3.8, 4) is 0 Å². The summed E-state index contributed by atoms with van der Waals surface area (Å²) in [6, 6.07) is 6.51. The van der Waals surface area contributed by atoms with Gasteiger partial charge in [-0.05, 0) is 37.1 Å². The summed E-state index contributed by atoms with van der Waals surface area (Å²) >= 11 is 0. The van der Waals surface area contributed by atoms with E-state index in [0.29, 0.717) is 30.6 Å². The van der Waals surface area contributed by atoms with Gasteiger partial charge in [-0.3, -0.25) is 23.5 Å². The lowest BCUT2D eigenvalue weighted by Crippen LogP contribution is -2.43. The zero-order valence-corrected chi connectivity index (χ0v) is 16.3. The highest BCUT2D eigenvalue weighted by Crippen LogP contribution is 2.20. The molecule has 2 aromatic rings. The summed E-state index contributed by atoms with van der Waals surface area (Å²) in [5, 5.41) is 0. The smallest absolute Gasteiger partial charge is 0.330 e. The maximum atomic E-state index is 13.1. The Morgan fingerprint density at radius 3 is 2.52 bits per heavy atom. The molecule has 1 aromatic carbocycles. The summed E-state index contributed by atoms with van der Waals surface area (Å²) in [7, 11) is 2.86. The lowest BCUT2D eigenvalue weighted by Gasteiger charge is -2.31. The molecule has 2 heterocycles. The molecule has 0 aliphatic carbocycles. The Hall–Kier alpha value is -3.23. The third-order valence-electron chi connectivity index (χ3n) is 5.12. The Morgan fingerprint density at radius 2 is 1.83 bits per heavy atom. The second kappa shape index (κ2) is 8.42. The first kappa shape index (κ1) is 20.5. The minimum absolute atomic E-state index is 0.199. The zero-order chi connectivity index (χ0) is 21.1. The normalized spacial score (nSPS) is 16.5. The number of rotatable bonds is 4. The molecule has 1 amide bonds. The van der Waals surface area contributed by atoms with Crippen LogP contribution in [-0.2, 0) is 30.2 Å². The molecule has 0 radical (unpaired) electrons. The first-order valence-corrected chi connectivity index (χ1v) is 9.25. The third kappa shape index (κ3) is 4.44. The summed E-state index contributed by atoms with van der Waals surface area (Å²) in [5.41, 5.74) is -0.331. The summed E-state index contributed by atoms with van der Waals surface area (Å²) in [5.74, 6) is -1.69. The maximum Gasteiger partial charge on any atom is 0.330 e. The van der Waals surface area contributed by atoms with Crippen molar-refractivity contribution in [2.24, 2.45) is 20.0 Å². The van der Waals surface area contributed by atoms with Crippen LogP contribution in [0.2, 0.25) is 0 Å². The summed E-state index contributed by atoms with van der Waals surface area (Å²) in [6.45, 7) is 0.497. The summed E-state index contributed by atoms with van der Waals surface area (Å²) < 4.78 is 20.6. The first-order valence-electron chi connectivity index (χ1n) is 9.25. The fourth-order valence-electron chi connectivity index (χ4n) is 3.31. The van der Waals surface area contributed by atoms with Crippen molar-refractivity contribution in [1.82, 2.24) is 14.0 Å². The highest BCUT2D eigenvalue weighted by atomic mass is 19.1. The van der Waals surface area contributed by atoms with Crippen LogP contribution in [0.5, 0.6) is 0 Å². The fourth-order valence-corrected chi connectivity index (χ4v) is 3.31. The van der Waals surface area contributed by atoms with Crippen LogP contribution in [0.25, 0.3) is 0 Å². The number of esters is 1. The van der Waals surface area contributed by atoms with Gasteiger partial charge in [0.1, 0.15) is 12.4 Å². The van der Waals surface area contributed by atoms with E-state index in [2.05, 4.69) is 0 Å². The number of aromatic nitrogens is 2. The average molecular weight is 403 g/mol. The van der Waals surface area contributed by atoms with E-state index >= 15 is 0 Å². The van der Waals surface area contributed by atoms with Gasteiger partial charge in [-0.25, -0.2) is 9.18 Å². The second-order valence-electron chi connectivity index (χ2n) is 7.08. The average Bonchev–Trinajstić information content (AvgIpc) is 2.73. The van der Waals surface area contributed by atoms with Crippen molar-refractivity contribution in [2.45, 2.75) is 19.4 Å². The van der Waals surface area contributed by atoms with E-state index in [1.165, 1.54) is 49.0 Å². The molecule has 9 heteroatoms. The van der Waals surface area contributed by atoms with E-state index in [1.54, 1.807) is 4.90 Å². The minimum Gasteiger partial charge on any atom is -0.459 e. The molecule has 0 saturated carbocycles. The van der Waals surface area contributed by atoms with E-state index < -0.39 is 29.0 Å². The molecular formula is C20H22FN3O5. The Balaban J connectivity index is 1.64. The van der Waals surface area contributed by atoms with E-state index in [-0.39, 0.29) is 19.1 Å². The zero-order valence-electron chi connectivity index (χ0n) is 16.3. The molecule has 0 unspecified atom stereocenters. The van der Waals surface area contributed by atoms with Crippen LogP contribution >= 0.6 is 0 Å². The van der Waals surface area contributed by atoms with Crippen molar-refractivity contribution in [1.29, 1.82) is 0 Å². The SMILES string of the molecule is Cn1c(COC(=O)[C@H]2CCCN(C(=O)c3ccc(F)cc3)C2)cc(=O)n(C)c1=O. The third-order valence-corrected chi connectivity index (χ3v) is 5.12. The number of piperidine rings is 1. The Kier molecular flexibility index (Phi) is 5.95. The predicted molar refractivity (Wildman–Crippen MR) is 102 cm³/mol. The van der Waals surface area contributed by atoms with E-state index in [1.807, 2.05) is 0 Å². The number of hydrogen-bond acceptors (Lipinski definition) is 5. The number of carbonyl (C=O) groups excluding carboxylic acids is 2. The molecular weight excluding hydrogens is 381 g/mol. The number of hydrogen-bond donors (Lipinski definition) is 0. The van der Waals surface area contributed by atoms with Crippen molar-refractivity contribution >= 4 is 11.9 Å². The molecule has 0 spiro atoms. The van der Waals surface area contributed by atoms with Gasteiger partial charge in [-0.1, -0.05) is 0 Å².